The van der Waals surface area contributed by atoms with Crippen LogP contribution in [0.3, 0.4) is 0 Å². The van der Waals surface area contributed by atoms with E-state index in [0.29, 0.717) is 25.0 Å². The molecule has 2 aliphatic heterocycles. The van der Waals surface area contributed by atoms with Gasteiger partial charge in [-0.2, -0.15) is 0 Å². The molecule has 2 saturated heterocycles. The van der Waals surface area contributed by atoms with Crippen molar-refractivity contribution in [3.63, 3.8) is 0 Å². The van der Waals surface area contributed by atoms with E-state index < -0.39 is 5.82 Å². The van der Waals surface area contributed by atoms with Crippen LogP contribution in [0.1, 0.15) is 17.3 Å². The number of ether oxygens (including phenoxy) is 1. The van der Waals surface area contributed by atoms with Gasteiger partial charge in [0.05, 0.1) is 18.8 Å². The molecule has 0 aliphatic carbocycles. The minimum Gasteiger partial charge on any atom is -0.508 e. The lowest BCUT2D eigenvalue weighted by Gasteiger charge is -2.34. The fourth-order valence-corrected chi connectivity index (χ4v) is 3.35. The van der Waals surface area contributed by atoms with Crippen molar-refractivity contribution in [3.05, 3.63) is 29.6 Å². The average Bonchev–Trinajstić information content (AvgIpc) is 2.89. The predicted molar refractivity (Wildman–Crippen MR) is 79.3 cm³/mol. The molecule has 2 heterocycles. The topological polar surface area (TPSA) is 53.0 Å². The standard InChI is InChI=1S/C16H21FN2O3/c1-11-9-19(10-15(11)18-4-6-22-7-5-18)16(21)13-3-2-12(20)8-14(13)17/h2-3,8,11,15,20H,4-7,9-10H2,1H3/t11-,15+/m1/s1. The van der Waals surface area contributed by atoms with Crippen molar-refractivity contribution in [1.82, 2.24) is 9.80 Å². The van der Waals surface area contributed by atoms with E-state index in [-0.39, 0.29) is 17.2 Å². The van der Waals surface area contributed by atoms with Crippen LogP contribution in [0.4, 0.5) is 4.39 Å². The van der Waals surface area contributed by atoms with E-state index in [2.05, 4.69) is 11.8 Å². The number of amides is 1. The molecule has 2 fully saturated rings. The number of hydrogen-bond donors (Lipinski definition) is 1. The van der Waals surface area contributed by atoms with E-state index >= 15 is 0 Å². The monoisotopic (exact) mass is 308 g/mol. The fourth-order valence-electron chi connectivity index (χ4n) is 3.35. The first-order valence-electron chi connectivity index (χ1n) is 7.66. The molecular formula is C16H21FN2O3. The highest BCUT2D eigenvalue weighted by Gasteiger charge is 2.37. The lowest BCUT2D eigenvalue weighted by Crippen LogP contribution is -2.47. The van der Waals surface area contributed by atoms with Crippen LogP contribution in [0.2, 0.25) is 0 Å². The summed E-state index contributed by atoms with van der Waals surface area (Å²) in [5, 5.41) is 9.26. The molecule has 1 N–H and O–H groups in total. The molecule has 0 saturated carbocycles. The Morgan fingerprint density at radius 2 is 2.05 bits per heavy atom. The second kappa shape index (κ2) is 6.22. The third-order valence-corrected chi connectivity index (χ3v) is 4.56. The number of phenols is 1. The number of carbonyl (C=O) groups excluding carboxylic acids is 1. The van der Waals surface area contributed by atoms with Crippen molar-refractivity contribution < 1.29 is 19.0 Å². The highest BCUT2D eigenvalue weighted by Crippen LogP contribution is 2.25. The molecular weight excluding hydrogens is 287 g/mol. The molecule has 0 radical (unpaired) electrons. The largest absolute Gasteiger partial charge is 0.508 e. The number of benzene rings is 1. The molecule has 3 rings (SSSR count). The molecule has 0 spiro atoms. The Labute approximate surface area is 129 Å². The molecule has 2 atom stereocenters. The van der Waals surface area contributed by atoms with Crippen LogP contribution in [0, 0.1) is 11.7 Å². The molecule has 1 aromatic rings. The molecule has 1 amide bonds. The first kappa shape index (κ1) is 15.2. The van der Waals surface area contributed by atoms with E-state index in [0.717, 1.165) is 32.4 Å². The van der Waals surface area contributed by atoms with Crippen LogP contribution in [0.15, 0.2) is 18.2 Å². The summed E-state index contributed by atoms with van der Waals surface area (Å²) >= 11 is 0. The Morgan fingerprint density at radius 1 is 1.32 bits per heavy atom. The van der Waals surface area contributed by atoms with Crippen LogP contribution in [-0.2, 0) is 4.74 Å². The van der Waals surface area contributed by atoms with E-state index in [1.54, 1.807) is 4.90 Å². The molecule has 2 aliphatic rings. The number of carbonyl (C=O) groups is 1. The Balaban J connectivity index is 1.71. The maximum Gasteiger partial charge on any atom is 0.256 e. The number of hydrogen-bond acceptors (Lipinski definition) is 4. The summed E-state index contributed by atoms with van der Waals surface area (Å²) in [5.41, 5.74) is 0.0210. The van der Waals surface area contributed by atoms with Crippen LogP contribution < -0.4 is 0 Å². The summed E-state index contributed by atoms with van der Waals surface area (Å²) in [5.74, 6) is -0.801. The van der Waals surface area contributed by atoms with Crippen molar-refractivity contribution in [1.29, 1.82) is 0 Å². The quantitative estimate of drug-likeness (QED) is 0.895. The minimum absolute atomic E-state index is 0.0210. The third kappa shape index (κ3) is 2.94. The van der Waals surface area contributed by atoms with Gasteiger partial charge in [-0.25, -0.2) is 4.39 Å². The van der Waals surface area contributed by atoms with Gasteiger partial charge in [0.15, 0.2) is 0 Å². The van der Waals surface area contributed by atoms with Gasteiger partial charge in [-0.1, -0.05) is 6.92 Å². The lowest BCUT2D eigenvalue weighted by atomic mass is 10.0. The van der Waals surface area contributed by atoms with Gasteiger partial charge < -0.3 is 14.7 Å². The van der Waals surface area contributed by atoms with Crippen LogP contribution >= 0.6 is 0 Å². The number of aromatic hydroxyl groups is 1. The van der Waals surface area contributed by atoms with Gasteiger partial charge >= 0.3 is 0 Å². The maximum atomic E-state index is 13.9. The van der Waals surface area contributed by atoms with Gasteiger partial charge in [0.2, 0.25) is 0 Å². The first-order chi connectivity index (χ1) is 10.6. The molecule has 0 bridgehead atoms. The average molecular weight is 308 g/mol. The number of likely N-dealkylation sites (tertiary alicyclic amines) is 1. The lowest BCUT2D eigenvalue weighted by molar-refractivity contribution is 0.0119. The van der Waals surface area contributed by atoms with Crippen molar-refractivity contribution in [2.24, 2.45) is 5.92 Å². The Kier molecular flexibility index (Phi) is 4.31. The van der Waals surface area contributed by atoms with E-state index in [1.165, 1.54) is 12.1 Å². The number of nitrogens with zero attached hydrogens (tertiary/aromatic N) is 2. The summed E-state index contributed by atoms with van der Waals surface area (Å²) in [4.78, 5) is 16.6. The smallest absolute Gasteiger partial charge is 0.256 e. The minimum atomic E-state index is -0.674. The SMILES string of the molecule is C[C@@H]1CN(C(=O)c2ccc(O)cc2F)C[C@@H]1N1CCOCC1. The van der Waals surface area contributed by atoms with Gasteiger partial charge in [-0.05, 0) is 18.1 Å². The second-order valence-electron chi connectivity index (χ2n) is 6.07. The summed E-state index contributed by atoms with van der Waals surface area (Å²) < 4.78 is 19.2. The summed E-state index contributed by atoms with van der Waals surface area (Å²) in [6, 6.07) is 3.97. The zero-order valence-corrected chi connectivity index (χ0v) is 12.7. The third-order valence-electron chi connectivity index (χ3n) is 4.56. The molecule has 120 valence electrons. The van der Waals surface area contributed by atoms with Gasteiger partial charge in [0.1, 0.15) is 11.6 Å². The van der Waals surface area contributed by atoms with E-state index in [9.17, 15) is 14.3 Å². The van der Waals surface area contributed by atoms with Gasteiger partial charge in [0.25, 0.3) is 5.91 Å². The van der Waals surface area contributed by atoms with Crippen molar-refractivity contribution in [3.8, 4) is 5.75 Å². The summed E-state index contributed by atoms with van der Waals surface area (Å²) in [6.45, 7) is 6.57. The van der Waals surface area contributed by atoms with Crippen molar-refractivity contribution in [2.45, 2.75) is 13.0 Å². The fraction of sp³-hybridized carbons (Fsp3) is 0.562. The zero-order valence-electron chi connectivity index (χ0n) is 12.7. The molecule has 0 aromatic heterocycles. The second-order valence-corrected chi connectivity index (χ2v) is 6.07. The van der Waals surface area contributed by atoms with E-state index in [1.807, 2.05) is 0 Å². The highest BCUT2D eigenvalue weighted by atomic mass is 19.1. The number of phenolic OH excluding ortho intramolecular Hbond substituents is 1. The van der Waals surface area contributed by atoms with Crippen LogP contribution in [-0.4, -0.2) is 66.2 Å². The van der Waals surface area contributed by atoms with Crippen molar-refractivity contribution in [2.75, 3.05) is 39.4 Å². The molecule has 1 aromatic carbocycles. The Morgan fingerprint density at radius 3 is 2.73 bits per heavy atom. The van der Waals surface area contributed by atoms with Crippen molar-refractivity contribution >= 4 is 5.91 Å². The molecule has 5 nitrogen and oxygen atoms in total. The number of rotatable bonds is 2. The Bertz CT molecular complexity index is 560. The number of halogens is 1. The van der Waals surface area contributed by atoms with Crippen LogP contribution in [0.5, 0.6) is 5.75 Å². The molecule has 6 heteroatoms. The highest BCUT2D eigenvalue weighted by molar-refractivity contribution is 5.94. The molecule has 0 unspecified atom stereocenters. The van der Waals surface area contributed by atoms with E-state index in [4.69, 9.17) is 4.74 Å². The number of morpholine rings is 1. The van der Waals surface area contributed by atoms with Gasteiger partial charge in [0, 0.05) is 38.3 Å². The normalized spacial score (nSPS) is 26.4. The maximum absolute atomic E-state index is 13.9. The van der Waals surface area contributed by atoms with Gasteiger partial charge in [-0.3, -0.25) is 9.69 Å². The predicted octanol–water partition coefficient (Wildman–Crippen LogP) is 1.32. The Hall–Kier alpha value is -1.66. The molecule has 22 heavy (non-hydrogen) atoms. The zero-order chi connectivity index (χ0) is 15.7. The van der Waals surface area contributed by atoms with Crippen LogP contribution in [0.25, 0.3) is 0 Å². The summed E-state index contributed by atoms with van der Waals surface area (Å²) in [6.07, 6.45) is 0. The van der Waals surface area contributed by atoms with Gasteiger partial charge in [-0.15, -0.1) is 0 Å². The first-order valence-corrected chi connectivity index (χ1v) is 7.66. The summed E-state index contributed by atoms with van der Waals surface area (Å²) in [7, 11) is 0.